The van der Waals surface area contributed by atoms with Crippen molar-refractivity contribution in [3.63, 3.8) is 0 Å². The van der Waals surface area contributed by atoms with Gasteiger partial charge in [0.05, 0.1) is 0 Å². The second-order valence-electron chi connectivity index (χ2n) is 6.12. The Morgan fingerprint density at radius 1 is 1.22 bits per heavy atom. The first-order chi connectivity index (χ1) is 11.0. The molecule has 1 amide bonds. The van der Waals surface area contributed by atoms with Crippen LogP contribution in [0.1, 0.15) is 38.2 Å². The van der Waals surface area contributed by atoms with Crippen molar-refractivity contribution in [1.29, 1.82) is 0 Å². The van der Waals surface area contributed by atoms with E-state index in [1.165, 1.54) is 19.3 Å². The van der Waals surface area contributed by atoms with E-state index in [0.717, 1.165) is 12.0 Å². The van der Waals surface area contributed by atoms with Crippen molar-refractivity contribution in [2.75, 3.05) is 6.61 Å². The Morgan fingerprint density at radius 3 is 2.61 bits per heavy atom. The van der Waals surface area contributed by atoms with Gasteiger partial charge in [0.15, 0.2) is 11.7 Å². The van der Waals surface area contributed by atoms with E-state index in [4.69, 9.17) is 17.0 Å². The average molecular weight is 335 g/mol. The fourth-order valence-electron chi connectivity index (χ4n) is 2.68. The van der Waals surface area contributed by atoms with E-state index in [2.05, 4.69) is 23.1 Å². The molecule has 1 fully saturated rings. The highest BCUT2D eigenvalue weighted by atomic mass is 32.1. The minimum atomic E-state index is -0.272. The number of hydrogen-bond donors (Lipinski definition) is 3. The van der Waals surface area contributed by atoms with E-state index < -0.39 is 0 Å². The number of ether oxygens (including phenoxy) is 1. The molecule has 0 saturated heterocycles. The molecular weight excluding hydrogens is 310 g/mol. The van der Waals surface area contributed by atoms with E-state index in [-0.39, 0.29) is 12.5 Å². The highest BCUT2D eigenvalue weighted by Gasteiger charge is 2.21. The topological polar surface area (TPSA) is 62.4 Å². The van der Waals surface area contributed by atoms with Crippen LogP contribution in [0.25, 0.3) is 0 Å². The van der Waals surface area contributed by atoms with Gasteiger partial charge < -0.3 is 10.1 Å². The van der Waals surface area contributed by atoms with Crippen LogP contribution in [0, 0.1) is 12.8 Å². The zero-order valence-corrected chi connectivity index (χ0v) is 14.5. The highest BCUT2D eigenvalue weighted by molar-refractivity contribution is 7.80. The van der Waals surface area contributed by atoms with Crippen molar-refractivity contribution < 1.29 is 9.53 Å². The number of thiocarbonyl (C=S) groups is 1. The van der Waals surface area contributed by atoms with Crippen molar-refractivity contribution in [3.05, 3.63) is 29.8 Å². The summed E-state index contributed by atoms with van der Waals surface area (Å²) in [5, 5.41) is 3.72. The predicted octanol–water partition coefficient (Wildman–Crippen LogP) is 2.45. The van der Waals surface area contributed by atoms with Gasteiger partial charge >= 0.3 is 0 Å². The number of aryl methyl sites for hydroxylation is 1. The second-order valence-corrected chi connectivity index (χ2v) is 6.52. The molecule has 0 aliphatic heterocycles. The van der Waals surface area contributed by atoms with Gasteiger partial charge in [-0.1, -0.05) is 37.5 Å². The molecule has 0 spiro atoms. The van der Waals surface area contributed by atoms with Crippen LogP contribution >= 0.6 is 12.2 Å². The van der Waals surface area contributed by atoms with Crippen LogP contribution in [0.5, 0.6) is 5.75 Å². The van der Waals surface area contributed by atoms with Gasteiger partial charge in [0.1, 0.15) is 5.75 Å². The van der Waals surface area contributed by atoms with Gasteiger partial charge in [-0.3, -0.25) is 15.6 Å². The summed E-state index contributed by atoms with van der Waals surface area (Å²) in [5.74, 6) is 0.998. The Morgan fingerprint density at radius 2 is 1.91 bits per heavy atom. The highest BCUT2D eigenvalue weighted by Crippen LogP contribution is 2.23. The molecule has 0 heterocycles. The first-order valence-electron chi connectivity index (χ1n) is 8.09. The summed E-state index contributed by atoms with van der Waals surface area (Å²) in [4.78, 5) is 11.8. The maximum absolute atomic E-state index is 11.8. The molecule has 3 N–H and O–H groups in total. The van der Waals surface area contributed by atoms with E-state index in [1.54, 1.807) is 0 Å². The summed E-state index contributed by atoms with van der Waals surface area (Å²) in [6, 6.07) is 7.94. The number of benzene rings is 1. The van der Waals surface area contributed by atoms with Gasteiger partial charge in [-0.15, -0.1) is 0 Å². The molecule has 0 radical (unpaired) electrons. The molecule has 0 unspecified atom stereocenters. The Kier molecular flexibility index (Phi) is 6.65. The lowest BCUT2D eigenvalue weighted by atomic mass is 9.86. The second kappa shape index (κ2) is 8.72. The van der Waals surface area contributed by atoms with Crippen molar-refractivity contribution >= 4 is 23.2 Å². The maximum atomic E-state index is 11.8. The Bertz CT molecular complexity index is 533. The lowest BCUT2D eigenvalue weighted by Crippen LogP contribution is -2.52. The number of rotatable bonds is 4. The van der Waals surface area contributed by atoms with E-state index in [1.807, 2.05) is 31.2 Å². The molecule has 5 nitrogen and oxygen atoms in total. The van der Waals surface area contributed by atoms with Crippen LogP contribution in [0.15, 0.2) is 24.3 Å². The lowest BCUT2D eigenvalue weighted by Gasteiger charge is -2.30. The number of amides is 1. The van der Waals surface area contributed by atoms with Crippen molar-refractivity contribution in [2.45, 2.75) is 45.6 Å². The third kappa shape index (κ3) is 6.06. The van der Waals surface area contributed by atoms with Crippen molar-refractivity contribution in [3.8, 4) is 5.75 Å². The first-order valence-corrected chi connectivity index (χ1v) is 8.50. The molecule has 2 atom stereocenters. The average Bonchev–Trinajstić information content (AvgIpc) is 2.54. The molecule has 23 heavy (non-hydrogen) atoms. The zero-order valence-electron chi connectivity index (χ0n) is 13.7. The largest absolute Gasteiger partial charge is 0.484 e. The molecule has 126 valence electrons. The summed E-state index contributed by atoms with van der Waals surface area (Å²) in [6.07, 6.45) is 4.85. The molecule has 6 heteroatoms. The minimum Gasteiger partial charge on any atom is -0.484 e. The molecule has 1 aromatic carbocycles. The molecule has 2 rings (SSSR count). The summed E-state index contributed by atoms with van der Waals surface area (Å²) in [5.41, 5.74) is 6.44. The standard InChI is InChI=1S/C17H25N3O2S/c1-12-7-9-14(10-8-12)22-11-16(21)19-20-17(23)18-15-6-4-3-5-13(15)2/h7-10,13,15H,3-6,11H2,1-2H3,(H,19,21)(H2,18,20,23)/t13-,15+/m0/s1. The van der Waals surface area contributed by atoms with E-state index in [9.17, 15) is 4.79 Å². The maximum Gasteiger partial charge on any atom is 0.276 e. The molecule has 1 aliphatic rings. The van der Waals surface area contributed by atoms with Gasteiger partial charge in [-0.25, -0.2) is 0 Å². The van der Waals surface area contributed by atoms with Gasteiger partial charge in [-0.2, -0.15) is 0 Å². The van der Waals surface area contributed by atoms with Gasteiger partial charge in [-0.05, 0) is 50.0 Å². The van der Waals surface area contributed by atoms with Gasteiger partial charge in [0.25, 0.3) is 5.91 Å². The quantitative estimate of drug-likeness (QED) is 0.583. The van der Waals surface area contributed by atoms with Crippen LogP contribution in [-0.4, -0.2) is 23.7 Å². The minimum absolute atomic E-state index is 0.0570. The number of carbonyl (C=O) groups is 1. The summed E-state index contributed by atoms with van der Waals surface area (Å²) in [6.45, 7) is 4.17. The molecule has 1 aromatic rings. The summed E-state index contributed by atoms with van der Waals surface area (Å²) >= 11 is 5.22. The van der Waals surface area contributed by atoms with Gasteiger partial charge in [0.2, 0.25) is 0 Å². The molecule has 0 aromatic heterocycles. The van der Waals surface area contributed by atoms with Gasteiger partial charge in [0, 0.05) is 6.04 Å². The van der Waals surface area contributed by atoms with Crippen LogP contribution in [-0.2, 0) is 4.79 Å². The smallest absolute Gasteiger partial charge is 0.276 e. The van der Waals surface area contributed by atoms with Crippen molar-refractivity contribution in [1.82, 2.24) is 16.2 Å². The van der Waals surface area contributed by atoms with E-state index in [0.29, 0.717) is 22.8 Å². The van der Waals surface area contributed by atoms with Crippen LogP contribution in [0.4, 0.5) is 0 Å². The number of carbonyl (C=O) groups excluding carboxylic acids is 1. The molecule has 0 bridgehead atoms. The molecular formula is C17H25N3O2S. The first kappa shape index (κ1) is 17.5. The number of hydrogen-bond acceptors (Lipinski definition) is 3. The zero-order chi connectivity index (χ0) is 16.7. The Labute approximate surface area is 143 Å². The summed E-state index contributed by atoms with van der Waals surface area (Å²) < 4.78 is 5.41. The predicted molar refractivity (Wildman–Crippen MR) is 95.1 cm³/mol. The third-order valence-electron chi connectivity index (χ3n) is 4.13. The molecule has 1 saturated carbocycles. The fraction of sp³-hybridized carbons (Fsp3) is 0.529. The van der Waals surface area contributed by atoms with Crippen LogP contribution in [0.3, 0.4) is 0 Å². The van der Waals surface area contributed by atoms with E-state index >= 15 is 0 Å². The lowest BCUT2D eigenvalue weighted by molar-refractivity contribution is -0.123. The Hall–Kier alpha value is -1.82. The fourth-order valence-corrected chi connectivity index (χ4v) is 2.88. The van der Waals surface area contributed by atoms with Crippen LogP contribution in [0.2, 0.25) is 0 Å². The molecule has 1 aliphatic carbocycles. The SMILES string of the molecule is Cc1ccc(OCC(=O)NNC(=S)N[C@@H]2CCCC[C@@H]2C)cc1. The Balaban J connectivity index is 1.65. The number of hydrazine groups is 1. The van der Waals surface area contributed by atoms with Crippen molar-refractivity contribution in [2.24, 2.45) is 5.92 Å². The van der Waals surface area contributed by atoms with Crippen LogP contribution < -0.4 is 20.9 Å². The summed E-state index contributed by atoms with van der Waals surface area (Å²) in [7, 11) is 0. The monoisotopic (exact) mass is 335 g/mol. The number of nitrogens with one attached hydrogen (secondary N) is 3. The normalized spacial score (nSPS) is 20.4. The third-order valence-corrected chi connectivity index (χ3v) is 4.35.